The van der Waals surface area contributed by atoms with Gasteiger partial charge in [-0.2, -0.15) is 0 Å². The zero-order chi connectivity index (χ0) is 22.1. The fraction of sp³-hybridized carbons (Fsp3) is 0.269. The van der Waals surface area contributed by atoms with Gasteiger partial charge in [-0.25, -0.2) is 0 Å². The van der Waals surface area contributed by atoms with Gasteiger partial charge in [0.25, 0.3) is 0 Å². The molecule has 3 rings (SSSR count). The van der Waals surface area contributed by atoms with Crippen molar-refractivity contribution in [3.63, 3.8) is 0 Å². The van der Waals surface area contributed by atoms with Gasteiger partial charge in [0.1, 0.15) is 6.61 Å². The van der Waals surface area contributed by atoms with Crippen LogP contribution in [0.25, 0.3) is 0 Å². The van der Waals surface area contributed by atoms with Gasteiger partial charge in [-0.3, -0.25) is 4.79 Å². The molecule has 0 aliphatic carbocycles. The molecule has 5 nitrogen and oxygen atoms in total. The summed E-state index contributed by atoms with van der Waals surface area (Å²) in [5.41, 5.74) is 3.24. The van der Waals surface area contributed by atoms with Crippen molar-refractivity contribution in [1.29, 1.82) is 0 Å². The Morgan fingerprint density at radius 1 is 0.935 bits per heavy atom. The lowest BCUT2D eigenvalue weighted by Crippen LogP contribution is -2.36. The molecule has 1 atom stereocenters. The summed E-state index contributed by atoms with van der Waals surface area (Å²) in [5.74, 6) is 1.37. The average molecular weight is 419 g/mol. The van der Waals surface area contributed by atoms with E-state index in [0.717, 1.165) is 16.7 Å². The van der Waals surface area contributed by atoms with Gasteiger partial charge in [0.15, 0.2) is 11.5 Å². The first-order valence-electron chi connectivity index (χ1n) is 10.4. The summed E-state index contributed by atoms with van der Waals surface area (Å²) in [6.07, 6.45) is 0. The van der Waals surface area contributed by atoms with Crippen molar-refractivity contribution in [1.82, 2.24) is 10.2 Å². The number of carbonyl (C=O) groups is 1. The number of rotatable bonds is 10. The van der Waals surface area contributed by atoms with Gasteiger partial charge >= 0.3 is 0 Å². The Labute approximate surface area is 184 Å². The molecule has 0 radical (unpaired) electrons. The highest BCUT2D eigenvalue weighted by Crippen LogP contribution is 2.29. The first-order valence-corrected chi connectivity index (χ1v) is 10.4. The van der Waals surface area contributed by atoms with E-state index < -0.39 is 0 Å². The van der Waals surface area contributed by atoms with Crippen molar-refractivity contribution in [2.24, 2.45) is 0 Å². The largest absolute Gasteiger partial charge is 0.493 e. The van der Waals surface area contributed by atoms with Crippen LogP contribution in [-0.4, -0.2) is 31.5 Å². The van der Waals surface area contributed by atoms with Crippen LogP contribution in [0.2, 0.25) is 0 Å². The third kappa shape index (κ3) is 6.59. The standard InChI is InChI=1S/C26H30N2O3/c1-20(23-12-8-5-9-13-23)27-17-26(29)28(2)18-22-14-15-24(25(16-22)30-3)31-19-21-10-6-4-7-11-21/h4-16,20,27H,17-19H2,1-3H3/t20-/m1/s1. The van der Waals surface area contributed by atoms with Gasteiger partial charge in [0.05, 0.1) is 13.7 Å². The highest BCUT2D eigenvalue weighted by molar-refractivity contribution is 5.78. The minimum absolute atomic E-state index is 0.0335. The first-order chi connectivity index (χ1) is 15.1. The number of methoxy groups -OCH3 is 1. The quantitative estimate of drug-likeness (QED) is 0.523. The Morgan fingerprint density at radius 3 is 2.29 bits per heavy atom. The van der Waals surface area contributed by atoms with E-state index in [0.29, 0.717) is 24.7 Å². The fourth-order valence-electron chi connectivity index (χ4n) is 3.26. The summed E-state index contributed by atoms with van der Waals surface area (Å²) in [6.45, 7) is 3.30. The Kier molecular flexibility index (Phi) is 8.07. The number of carbonyl (C=O) groups excluding carboxylic acids is 1. The van der Waals surface area contributed by atoms with Crippen molar-refractivity contribution < 1.29 is 14.3 Å². The second-order valence-corrected chi connectivity index (χ2v) is 7.52. The number of nitrogens with one attached hydrogen (secondary N) is 1. The molecule has 0 aromatic heterocycles. The molecule has 162 valence electrons. The Balaban J connectivity index is 1.54. The molecule has 0 fully saturated rings. The van der Waals surface area contributed by atoms with E-state index in [2.05, 4.69) is 24.4 Å². The SMILES string of the molecule is COc1cc(CN(C)C(=O)CN[C@H](C)c2ccccc2)ccc1OCc1ccccc1. The normalized spacial score (nSPS) is 11.6. The molecule has 3 aromatic rings. The van der Waals surface area contributed by atoms with E-state index in [4.69, 9.17) is 9.47 Å². The first kappa shape index (κ1) is 22.4. The van der Waals surface area contributed by atoms with Gasteiger partial charge in [-0.05, 0) is 35.7 Å². The highest BCUT2D eigenvalue weighted by atomic mass is 16.5. The molecule has 5 heteroatoms. The zero-order valence-electron chi connectivity index (χ0n) is 18.4. The molecule has 0 spiro atoms. The minimum atomic E-state index is 0.0335. The summed E-state index contributed by atoms with van der Waals surface area (Å²) in [7, 11) is 3.43. The van der Waals surface area contributed by atoms with Crippen LogP contribution in [0, 0.1) is 0 Å². The molecule has 31 heavy (non-hydrogen) atoms. The summed E-state index contributed by atoms with van der Waals surface area (Å²) in [4.78, 5) is 14.3. The fourth-order valence-corrected chi connectivity index (χ4v) is 3.26. The minimum Gasteiger partial charge on any atom is -0.493 e. The number of ether oxygens (including phenoxy) is 2. The predicted molar refractivity (Wildman–Crippen MR) is 123 cm³/mol. The number of amides is 1. The van der Waals surface area contributed by atoms with E-state index in [1.165, 1.54) is 0 Å². The van der Waals surface area contributed by atoms with Gasteiger partial charge in [-0.1, -0.05) is 66.7 Å². The third-order valence-corrected chi connectivity index (χ3v) is 5.17. The molecule has 0 aliphatic rings. The second-order valence-electron chi connectivity index (χ2n) is 7.52. The van der Waals surface area contributed by atoms with E-state index in [-0.39, 0.29) is 18.5 Å². The molecular weight excluding hydrogens is 388 g/mol. The summed E-state index contributed by atoms with van der Waals surface area (Å²) < 4.78 is 11.4. The molecule has 3 aromatic carbocycles. The van der Waals surface area contributed by atoms with Crippen molar-refractivity contribution in [3.8, 4) is 11.5 Å². The number of hydrogen-bond acceptors (Lipinski definition) is 4. The summed E-state index contributed by atoms with van der Waals surface area (Å²) >= 11 is 0. The van der Waals surface area contributed by atoms with Gasteiger partial charge in [-0.15, -0.1) is 0 Å². The topological polar surface area (TPSA) is 50.8 Å². The molecule has 0 unspecified atom stereocenters. The van der Waals surface area contributed by atoms with Gasteiger partial charge in [0, 0.05) is 19.6 Å². The summed E-state index contributed by atoms with van der Waals surface area (Å²) in [6, 6.07) is 26.0. The van der Waals surface area contributed by atoms with Crippen LogP contribution < -0.4 is 14.8 Å². The molecule has 0 bridgehead atoms. The highest BCUT2D eigenvalue weighted by Gasteiger charge is 2.13. The number of likely N-dealkylation sites (N-methyl/N-ethyl adjacent to an activating group) is 1. The van der Waals surface area contributed by atoms with Crippen molar-refractivity contribution in [2.75, 3.05) is 20.7 Å². The number of benzene rings is 3. The molecule has 1 amide bonds. The van der Waals surface area contributed by atoms with E-state index in [1.54, 1.807) is 12.0 Å². The second kappa shape index (κ2) is 11.2. The molecule has 0 heterocycles. The van der Waals surface area contributed by atoms with Crippen molar-refractivity contribution in [2.45, 2.75) is 26.1 Å². The van der Waals surface area contributed by atoms with Crippen LogP contribution in [0.4, 0.5) is 0 Å². The van der Waals surface area contributed by atoms with Crippen LogP contribution in [0.15, 0.2) is 78.9 Å². The molecule has 0 saturated heterocycles. The van der Waals surface area contributed by atoms with Crippen LogP contribution >= 0.6 is 0 Å². The van der Waals surface area contributed by atoms with E-state index in [1.807, 2.05) is 73.8 Å². The lowest BCUT2D eigenvalue weighted by Gasteiger charge is -2.20. The van der Waals surface area contributed by atoms with Crippen molar-refractivity contribution in [3.05, 3.63) is 95.6 Å². The Hall–Kier alpha value is -3.31. The molecule has 0 saturated carbocycles. The van der Waals surface area contributed by atoms with Gasteiger partial charge < -0.3 is 19.7 Å². The van der Waals surface area contributed by atoms with Crippen molar-refractivity contribution >= 4 is 5.91 Å². The molecule has 0 aliphatic heterocycles. The number of nitrogens with zero attached hydrogens (tertiary/aromatic N) is 1. The van der Waals surface area contributed by atoms with E-state index in [9.17, 15) is 4.79 Å². The smallest absolute Gasteiger partial charge is 0.236 e. The Morgan fingerprint density at radius 2 is 1.61 bits per heavy atom. The zero-order valence-corrected chi connectivity index (χ0v) is 18.4. The van der Waals surface area contributed by atoms with E-state index >= 15 is 0 Å². The van der Waals surface area contributed by atoms with Crippen LogP contribution in [0.3, 0.4) is 0 Å². The van der Waals surface area contributed by atoms with Crippen LogP contribution in [-0.2, 0) is 17.9 Å². The maximum absolute atomic E-state index is 12.6. The van der Waals surface area contributed by atoms with Crippen LogP contribution in [0.1, 0.15) is 29.7 Å². The average Bonchev–Trinajstić information content (AvgIpc) is 2.82. The third-order valence-electron chi connectivity index (χ3n) is 5.17. The monoisotopic (exact) mass is 418 g/mol. The lowest BCUT2D eigenvalue weighted by molar-refractivity contribution is -0.129. The maximum Gasteiger partial charge on any atom is 0.236 e. The summed E-state index contributed by atoms with van der Waals surface area (Å²) in [5, 5.41) is 3.29. The number of hydrogen-bond donors (Lipinski definition) is 1. The lowest BCUT2D eigenvalue weighted by atomic mass is 10.1. The maximum atomic E-state index is 12.6. The predicted octanol–water partition coefficient (Wildman–Crippen LogP) is 4.58. The molecular formula is C26H30N2O3. The van der Waals surface area contributed by atoms with Crippen LogP contribution in [0.5, 0.6) is 11.5 Å². The Bertz CT molecular complexity index is 961. The van der Waals surface area contributed by atoms with Gasteiger partial charge in [0.2, 0.25) is 5.91 Å². The molecule has 1 N–H and O–H groups in total.